The van der Waals surface area contributed by atoms with Gasteiger partial charge < -0.3 is 15.9 Å². The van der Waals surface area contributed by atoms with Gasteiger partial charge in [-0.1, -0.05) is 23.9 Å². The number of hydrogen-bond acceptors (Lipinski definition) is 10. The van der Waals surface area contributed by atoms with Crippen LogP contribution in [0.1, 0.15) is 12.5 Å². The van der Waals surface area contributed by atoms with E-state index in [9.17, 15) is 14.9 Å². The Morgan fingerprint density at radius 3 is 2.81 bits per heavy atom. The second-order valence-electron chi connectivity index (χ2n) is 6.19. The highest BCUT2D eigenvalue weighted by Crippen LogP contribution is 2.19. The first-order valence-corrected chi connectivity index (χ1v) is 10.3. The zero-order valence-electron chi connectivity index (χ0n) is 17.0. The van der Waals surface area contributed by atoms with E-state index in [2.05, 4.69) is 26.0 Å². The second-order valence-corrected chi connectivity index (χ2v) is 7.14. The Morgan fingerprint density at radius 1 is 1.31 bits per heavy atom. The summed E-state index contributed by atoms with van der Waals surface area (Å²) in [5, 5.41) is 25.6. The molecule has 0 saturated heterocycles. The maximum Gasteiger partial charge on any atom is 0.270 e. The molecular weight excluding hydrogens is 436 g/mol. The van der Waals surface area contributed by atoms with Crippen LogP contribution in [0, 0.1) is 10.1 Å². The van der Waals surface area contributed by atoms with E-state index >= 15 is 0 Å². The lowest BCUT2D eigenvalue weighted by molar-refractivity contribution is -0.384. The standard InChI is InChI=1S/C19H20N8O4S/c1-2-31-16-8-6-14(7-9-16)22-17(28)12-32-19-25-24-18(26(19)20)23-21-11-13-4-3-5-15(10-13)27(29)30/h3-11H,2,12,20H2,1H3,(H,22,28)(H,23,24)/b21-11+. The summed E-state index contributed by atoms with van der Waals surface area (Å²) in [6.07, 6.45) is 1.39. The highest BCUT2D eigenvalue weighted by atomic mass is 32.2. The van der Waals surface area contributed by atoms with E-state index in [0.29, 0.717) is 23.0 Å². The summed E-state index contributed by atoms with van der Waals surface area (Å²) in [6.45, 7) is 2.47. The third-order valence-corrected chi connectivity index (χ3v) is 4.85. The van der Waals surface area contributed by atoms with Crippen LogP contribution in [0.5, 0.6) is 5.75 Å². The summed E-state index contributed by atoms with van der Waals surface area (Å²) in [5.41, 5.74) is 3.74. The van der Waals surface area contributed by atoms with Gasteiger partial charge >= 0.3 is 0 Å². The Balaban J connectivity index is 1.51. The molecule has 0 spiro atoms. The van der Waals surface area contributed by atoms with Crippen LogP contribution in [0.3, 0.4) is 0 Å². The molecule has 3 rings (SSSR count). The number of nitrogen functional groups attached to an aromatic ring is 1. The van der Waals surface area contributed by atoms with Crippen molar-refractivity contribution in [3.05, 3.63) is 64.2 Å². The smallest absolute Gasteiger partial charge is 0.270 e. The van der Waals surface area contributed by atoms with E-state index in [1.54, 1.807) is 36.4 Å². The molecule has 13 heteroatoms. The lowest BCUT2D eigenvalue weighted by Crippen LogP contribution is -2.16. The third-order valence-electron chi connectivity index (χ3n) is 3.91. The Morgan fingerprint density at radius 2 is 2.09 bits per heavy atom. The minimum Gasteiger partial charge on any atom is -0.494 e. The predicted molar refractivity (Wildman–Crippen MR) is 121 cm³/mol. The Labute approximate surface area is 187 Å². The van der Waals surface area contributed by atoms with Gasteiger partial charge in [0.1, 0.15) is 5.75 Å². The molecule has 0 unspecified atom stereocenters. The van der Waals surface area contributed by atoms with E-state index in [1.807, 2.05) is 6.92 Å². The van der Waals surface area contributed by atoms with Gasteiger partial charge in [0, 0.05) is 23.4 Å². The summed E-state index contributed by atoms with van der Waals surface area (Å²) < 4.78 is 6.52. The third kappa shape index (κ3) is 6.18. The topological polar surface area (TPSA) is 163 Å². The number of carbonyl (C=O) groups excluding carboxylic acids is 1. The van der Waals surface area contributed by atoms with Crippen LogP contribution >= 0.6 is 11.8 Å². The molecular formula is C19H20N8O4S. The molecule has 0 atom stereocenters. The number of amides is 1. The number of non-ortho nitro benzene ring substituents is 1. The van der Waals surface area contributed by atoms with E-state index in [0.717, 1.165) is 22.2 Å². The molecule has 2 aromatic carbocycles. The van der Waals surface area contributed by atoms with Gasteiger partial charge in [-0.3, -0.25) is 14.9 Å². The van der Waals surface area contributed by atoms with Crippen molar-refractivity contribution in [1.82, 2.24) is 14.9 Å². The maximum absolute atomic E-state index is 12.2. The van der Waals surface area contributed by atoms with Crippen molar-refractivity contribution in [2.45, 2.75) is 12.1 Å². The van der Waals surface area contributed by atoms with E-state index < -0.39 is 4.92 Å². The summed E-state index contributed by atoms with van der Waals surface area (Å²) in [5.74, 6) is 6.63. The van der Waals surface area contributed by atoms with Gasteiger partial charge in [0.25, 0.3) is 11.6 Å². The molecule has 0 radical (unpaired) electrons. The lowest BCUT2D eigenvalue weighted by Gasteiger charge is -2.07. The van der Waals surface area contributed by atoms with E-state index in [1.165, 1.54) is 18.3 Å². The Hall–Kier alpha value is -4.13. The largest absolute Gasteiger partial charge is 0.494 e. The van der Waals surface area contributed by atoms with Gasteiger partial charge in [0.2, 0.25) is 11.1 Å². The molecule has 12 nitrogen and oxygen atoms in total. The SMILES string of the molecule is CCOc1ccc(NC(=O)CSc2nnc(N/N=C/c3cccc([N+](=O)[O-])c3)n2N)cc1. The number of aromatic nitrogens is 3. The van der Waals surface area contributed by atoms with Crippen LogP contribution in [0.2, 0.25) is 0 Å². The number of benzene rings is 2. The first-order chi connectivity index (χ1) is 15.5. The number of nitrogens with two attached hydrogens (primary N) is 1. The fraction of sp³-hybridized carbons (Fsp3) is 0.158. The molecule has 166 valence electrons. The number of thioether (sulfide) groups is 1. The number of nitro benzene ring substituents is 1. The number of nitrogens with zero attached hydrogens (tertiary/aromatic N) is 5. The van der Waals surface area contributed by atoms with Crippen LogP contribution in [-0.4, -0.2) is 44.3 Å². The fourth-order valence-electron chi connectivity index (χ4n) is 2.46. The molecule has 32 heavy (non-hydrogen) atoms. The zero-order chi connectivity index (χ0) is 22.9. The first-order valence-electron chi connectivity index (χ1n) is 9.35. The molecule has 3 aromatic rings. The minimum absolute atomic E-state index is 0.0434. The van der Waals surface area contributed by atoms with E-state index in [-0.39, 0.29) is 23.3 Å². The number of ether oxygens (including phenoxy) is 1. The number of anilines is 2. The average molecular weight is 456 g/mol. The van der Waals surface area contributed by atoms with Gasteiger partial charge in [-0.15, -0.1) is 10.2 Å². The second kappa shape index (κ2) is 10.8. The van der Waals surface area contributed by atoms with Gasteiger partial charge in [0.15, 0.2) is 0 Å². The Bertz CT molecular complexity index is 1120. The molecule has 0 aliphatic heterocycles. The highest BCUT2D eigenvalue weighted by Gasteiger charge is 2.12. The number of nitro groups is 1. The van der Waals surface area contributed by atoms with Crippen molar-refractivity contribution in [2.24, 2.45) is 5.10 Å². The van der Waals surface area contributed by atoms with Gasteiger partial charge in [-0.25, -0.2) is 10.1 Å². The van der Waals surface area contributed by atoms with Crippen LogP contribution < -0.4 is 21.3 Å². The lowest BCUT2D eigenvalue weighted by atomic mass is 10.2. The van der Waals surface area contributed by atoms with Crippen molar-refractivity contribution in [3.63, 3.8) is 0 Å². The van der Waals surface area contributed by atoms with Gasteiger partial charge in [-0.2, -0.15) is 5.10 Å². The normalized spacial score (nSPS) is 10.8. The van der Waals surface area contributed by atoms with Crippen LogP contribution in [0.4, 0.5) is 17.3 Å². The van der Waals surface area contributed by atoms with Crippen molar-refractivity contribution in [2.75, 3.05) is 28.9 Å². The van der Waals surface area contributed by atoms with Crippen molar-refractivity contribution in [1.29, 1.82) is 0 Å². The van der Waals surface area contributed by atoms with Crippen molar-refractivity contribution in [3.8, 4) is 5.75 Å². The number of nitrogens with one attached hydrogen (secondary N) is 2. The highest BCUT2D eigenvalue weighted by molar-refractivity contribution is 7.99. The molecule has 0 aliphatic rings. The molecule has 0 fully saturated rings. The summed E-state index contributed by atoms with van der Waals surface area (Å²) in [7, 11) is 0. The molecule has 1 amide bonds. The maximum atomic E-state index is 12.2. The summed E-state index contributed by atoms with van der Waals surface area (Å²) in [6, 6.07) is 13.0. The molecule has 0 aliphatic carbocycles. The van der Waals surface area contributed by atoms with Gasteiger partial charge in [0.05, 0.1) is 23.5 Å². The quantitative estimate of drug-likeness (QED) is 0.137. The summed E-state index contributed by atoms with van der Waals surface area (Å²) in [4.78, 5) is 22.5. The number of carbonyl (C=O) groups is 1. The number of hydrazone groups is 1. The van der Waals surface area contributed by atoms with Crippen LogP contribution in [0.25, 0.3) is 0 Å². The molecule has 0 saturated carbocycles. The average Bonchev–Trinajstić information content (AvgIpc) is 3.13. The van der Waals surface area contributed by atoms with Crippen molar-refractivity contribution < 1.29 is 14.5 Å². The summed E-state index contributed by atoms with van der Waals surface area (Å²) >= 11 is 1.10. The van der Waals surface area contributed by atoms with Gasteiger partial charge in [-0.05, 0) is 31.2 Å². The fourth-order valence-corrected chi connectivity index (χ4v) is 3.12. The minimum atomic E-state index is -0.489. The first kappa shape index (κ1) is 22.6. The van der Waals surface area contributed by atoms with Crippen molar-refractivity contribution >= 4 is 41.2 Å². The number of hydrogen-bond donors (Lipinski definition) is 3. The number of rotatable bonds is 10. The van der Waals surface area contributed by atoms with Crippen LogP contribution in [0.15, 0.2) is 58.8 Å². The molecule has 4 N–H and O–H groups in total. The zero-order valence-corrected chi connectivity index (χ0v) is 17.8. The molecule has 1 heterocycles. The molecule has 1 aromatic heterocycles. The Kier molecular flexibility index (Phi) is 7.59. The molecule has 0 bridgehead atoms. The van der Waals surface area contributed by atoms with Crippen LogP contribution in [-0.2, 0) is 4.79 Å². The monoisotopic (exact) mass is 456 g/mol. The predicted octanol–water partition coefficient (Wildman–Crippen LogP) is 2.48. The van der Waals surface area contributed by atoms with E-state index in [4.69, 9.17) is 10.6 Å².